The minimum absolute atomic E-state index is 0.0545. The lowest BCUT2D eigenvalue weighted by Crippen LogP contribution is -2.43. The predicted octanol–water partition coefficient (Wildman–Crippen LogP) is 1.77. The van der Waals surface area contributed by atoms with Gasteiger partial charge in [0.1, 0.15) is 0 Å². The first-order chi connectivity index (χ1) is 11.0. The monoisotopic (exact) mass is 314 g/mol. The van der Waals surface area contributed by atoms with E-state index in [4.69, 9.17) is 4.74 Å². The molecular weight excluding hydrogens is 296 g/mol. The average molecular weight is 314 g/mol. The van der Waals surface area contributed by atoms with Gasteiger partial charge in [-0.2, -0.15) is 0 Å². The van der Waals surface area contributed by atoms with E-state index < -0.39 is 24.0 Å². The summed E-state index contributed by atoms with van der Waals surface area (Å²) in [5.74, 6) is -1.20. The van der Waals surface area contributed by atoms with E-state index in [1.54, 1.807) is 0 Å². The molecule has 0 saturated heterocycles. The summed E-state index contributed by atoms with van der Waals surface area (Å²) in [6.07, 6.45) is -0.992. The first-order valence-electron chi connectivity index (χ1n) is 7.20. The van der Waals surface area contributed by atoms with Crippen LogP contribution in [0.4, 0.5) is 4.79 Å². The molecule has 0 fully saturated rings. The Balaban J connectivity index is 2.01. The number of ether oxygens (including phenoxy) is 1. The highest BCUT2D eigenvalue weighted by Gasteiger charge is 2.20. The van der Waals surface area contributed by atoms with Crippen LogP contribution in [-0.2, 0) is 20.7 Å². The lowest BCUT2D eigenvalue weighted by Gasteiger charge is -2.13. The number of imide groups is 1. The van der Waals surface area contributed by atoms with Crippen molar-refractivity contribution < 1.29 is 19.1 Å². The normalized spacial score (nSPS) is 11.6. The number of carbonyl (C=O) groups excluding carboxylic acids is 3. The van der Waals surface area contributed by atoms with Gasteiger partial charge in [0.05, 0.1) is 6.42 Å². The second kappa shape index (κ2) is 7.40. The number of benzene rings is 2. The Morgan fingerprint density at radius 1 is 1.09 bits per heavy atom. The van der Waals surface area contributed by atoms with Crippen molar-refractivity contribution >= 4 is 28.7 Å². The van der Waals surface area contributed by atoms with Gasteiger partial charge in [-0.15, -0.1) is 0 Å². The number of hydrogen-bond acceptors (Lipinski definition) is 4. The number of carbonyl (C=O) groups is 3. The zero-order valence-corrected chi connectivity index (χ0v) is 13.0. The van der Waals surface area contributed by atoms with Crippen LogP contribution in [0.1, 0.15) is 12.5 Å². The van der Waals surface area contributed by atoms with E-state index >= 15 is 0 Å². The summed E-state index contributed by atoms with van der Waals surface area (Å²) in [5.41, 5.74) is 0.826. The van der Waals surface area contributed by atoms with Crippen LogP contribution in [0.2, 0.25) is 0 Å². The molecule has 0 radical (unpaired) electrons. The molecule has 2 rings (SSSR count). The number of rotatable bonds is 4. The Morgan fingerprint density at radius 2 is 1.78 bits per heavy atom. The van der Waals surface area contributed by atoms with E-state index in [1.807, 2.05) is 42.5 Å². The van der Waals surface area contributed by atoms with Crippen LogP contribution in [0.25, 0.3) is 10.8 Å². The number of nitrogens with one attached hydrogen (secondary N) is 2. The molecule has 3 amide bonds. The van der Waals surface area contributed by atoms with E-state index in [0.717, 1.165) is 16.3 Å². The second-order valence-corrected chi connectivity index (χ2v) is 5.02. The third-order valence-electron chi connectivity index (χ3n) is 3.36. The maximum Gasteiger partial charge on any atom is 0.321 e. The zero-order chi connectivity index (χ0) is 16.8. The summed E-state index contributed by atoms with van der Waals surface area (Å²) in [4.78, 5) is 34.8. The highest BCUT2D eigenvalue weighted by Crippen LogP contribution is 2.19. The van der Waals surface area contributed by atoms with Crippen molar-refractivity contribution in [3.05, 3.63) is 48.0 Å². The molecule has 2 aromatic rings. The standard InChI is InChI=1S/C17H18N2O4/c1-11(16(21)19-17(22)18-2)23-15(20)10-13-8-5-7-12-6-3-4-9-14(12)13/h3-9,11H,10H2,1-2H3,(H2,18,19,21,22)/t11-/m0/s1. The second-order valence-electron chi connectivity index (χ2n) is 5.02. The molecule has 0 bridgehead atoms. The molecule has 0 saturated carbocycles. The SMILES string of the molecule is CNC(=O)NC(=O)[C@H](C)OC(=O)Cc1cccc2ccccc12. The van der Waals surface area contributed by atoms with E-state index in [0.29, 0.717) is 0 Å². The Labute approximate surface area is 133 Å². The molecule has 6 heteroatoms. The van der Waals surface area contributed by atoms with E-state index in [1.165, 1.54) is 14.0 Å². The number of amides is 3. The largest absolute Gasteiger partial charge is 0.452 e. The molecule has 0 heterocycles. The Bertz CT molecular complexity index is 737. The minimum atomic E-state index is -1.05. The third kappa shape index (κ3) is 4.29. The quantitative estimate of drug-likeness (QED) is 0.842. The summed E-state index contributed by atoms with van der Waals surface area (Å²) in [5, 5.41) is 6.31. The number of hydrogen-bond donors (Lipinski definition) is 2. The molecule has 2 N–H and O–H groups in total. The first kappa shape index (κ1) is 16.5. The lowest BCUT2D eigenvalue weighted by molar-refractivity contribution is -0.153. The van der Waals surface area contributed by atoms with E-state index in [-0.39, 0.29) is 6.42 Å². The molecule has 0 aliphatic carbocycles. The predicted molar refractivity (Wildman–Crippen MR) is 85.8 cm³/mol. The first-order valence-corrected chi connectivity index (χ1v) is 7.20. The van der Waals surface area contributed by atoms with Crippen LogP contribution in [-0.4, -0.2) is 31.1 Å². The zero-order valence-electron chi connectivity index (χ0n) is 13.0. The Hall–Kier alpha value is -2.89. The Morgan fingerprint density at radius 3 is 2.52 bits per heavy atom. The molecule has 0 unspecified atom stereocenters. The average Bonchev–Trinajstić information content (AvgIpc) is 2.54. The number of urea groups is 1. The van der Waals surface area contributed by atoms with Crippen LogP contribution in [0.15, 0.2) is 42.5 Å². The highest BCUT2D eigenvalue weighted by molar-refractivity contribution is 5.97. The van der Waals surface area contributed by atoms with Gasteiger partial charge in [0, 0.05) is 7.05 Å². The minimum Gasteiger partial charge on any atom is -0.452 e. The molecule has 23 heavy (non-hydrogen) atoms. The summed E-state index contributed by atoms with van der Waals surface area (Å²) >= 11 is 0. The smallest absolute Gasteiger partial charge is 0.321 e. The molecule has 0 spiro atoms. The fourth-order valence-electron chi connectivity index (χ4n) is 2.17. The summed E-state index contributed by atoms with van der Waals surface area (Å²) in [6, 6.07) is 12.7. The van der Waals surface area contributed by atoms with Crippen molar-refractivity contribution in [3.8, 4) is 0 Å². The van der Waals surface area contributed by atoms with Crippen molar-refractivity contribution in [1.29, 1.82) is 0 Å². The van der Waals surface area contributed by atoms with Gasteiger partial charge in [0.2, 0.25) is 0 Å². The maximum atomic E-state index is 12.0. The summed E-state index contributed by atoms with van der Waals surface area (Å²) < 4.78 is 5.08. The molecule has 0 aliphatic rings. The Kier molecular flexibility index (Phi) is 5.30. The van der Waals surface area contributed by atoms with Gasteiger partial charge in [-0.05, 0) is 23.3 Å². The van der Waals surface area contributed by atoms with Crippen molar-refractivity contribution in [2.45, 2.75) is 19.4 Å². The van der Waals surface area contributed by atoms with Crippen LogP contribution < -0.4 is 10.6 Å². The summed E-state index contributed by atoms with van der Waals surface area (Å²) in [6.45, 7) is 1.42. The van der Waals surface area contributed by atoms with Gasteiger partial charge in [0.15, 0.2) is 6.10 Å². The van der Waals surface area contributed by atoms with Crippen LogP contribution in [0, 0.1) is 0 Å². The van der Waals surface area contributed by atoms with Crippen molar-refractivity contribution in [2.24, 2.45) is 0 Å². The maximum absolute atomic E-state index is 12.0. The lowest BCUT2D eigenvalue weighted by atomic mass is 10.0. The molecule has 0 aromatic heterocycles. The molecule has 1 atom stereocenters. The molecular formula is C17H18N2O4. The fourth-order valence-corrected chi connectivity index (χ4v) is 2.17. The van der Waals surface area contributed by atoms with Gasteiger partial charge < -0.3 is 10.1 Å². The van der Waals surface area contributed by atoms with Gasteiger partial charge in [-0.3, -0.25) is 14.9 Å². The molecule has 0 aliphatic heterocycles. The van der Waals surface area contributed by atoms with Crippen LogP contribution in [0.3, 0.4) is 0 Å². The van der Waals surface area contributed by atoms with Crippen LogP contribution >= 0.6 is 0 Å². The van der Waals surface area contributed by atoms with Gasteiger partial charge in [0.25, 0.3) is 5.91 Å². The van der Waals surface area contributed by atoms with E-state index in [2.05, 4.69) is 10.6 Å². The van der Waals surface area contributed by atoms with Crippen molar-refractivity contribution in [2.75, 3.05) is 7.05 Å². The molecule has 120 valence electrons. The summed E-state index contributed by atoms with van der Waals surface area (Å²) in [7, 11) is 1.39. The fraction of sp³-hybridized carbons (Fsp3) is 0.235. The van der Waals surface area contributed by atoms with Gasteiger partial charge in [-0.25, -0.2) is 4.79 Å². The number of esters is 1. The van der Waals surface area contributed by atoms with Gasteiger partial charge in [-0.1, -0.05) is 42.5 Å². The number of fused-ring (bicyclic) bond motifs is 1. The third-order valence-corrected chi connectivity index (χ3v) is 3.36. The van der Waals surface area contributed by atoms with E-state index in [9.17, 15) is 14.4 Å². The molecule has 6 nitrogen and oxygen atoms in total. The molecule has 2 aromatic carbocycles. The topological polar surface area (TPSA) is 84.5 Å². The highest BCUT2D eigenvalue weighted by atomic mass is 16.5. The van der Waals surface area contributed by atoms with Crippen molar-refractivity contribution in [3.63, 3.8) is 0 Å². The van der Waals surface area contributed by atoms with Crippen LogP contribution in [0.5, 0.6) is 0 Å². The van der Waals surface area contributed by atoms with Crippen molar-refractivity contribution in [1.82, 2.24) is 10.6 Å². The van der Waals surface area contributed by atoms with Gasteiger partial charge >= 0.3 is 12.0 Å².